The number of carbonyl (C=O) groups is 1. The number of nitrogens with zero attached hydrogens (tertiary/aromatic N) is 2. The van der Waals surface area contributed by atoms with Crippen molar-refractivity contribution in [2.75, 3.05) is 12.3 Å². The smallest absolute Gasteiger partial charge is 0.271 e. The highest BCUT2D eigenvalue weighted by Crippen LogP contribution is 2.36. The Hall–Kier alpha value is -1.75. The van der Waals surface area contributed by atoms with E-state index in [4.69, 9.17) is 5.73 Å². The van der Waals surface area contributed by atoms with Gasteiger partial charge in [-0.1, -0.05) is 6.92 Å². The third-order valence-corrected chi connectivity index (χ3v) is 5.22. The molecule has 2 aromatic rings. The van der Waals surface area contributed by atoms with Crippen molar-refractivity contribution in [3.8, 4) is 0 Å². The van der Waals surface area contributed by atoms with Crippen LogP contribution in [-0.2, 0) is 13.0 Å². The summed E-state index contributed by atoms with van der Waals surface area (Å²) >= 11 is 1.80. The summed E-state index contributed by atoms with van der Waals surface area (Å²) in [6.45, 7) is 5.72. The molecular weight excluding hydrogens is 282 g/mol. The largest absolute Gasteiger partial charge is 0.397 e. The van der Waals surface area contributed by atoms with E-state index in [9.17, 15) is 4.79 Å². The number of nitrogen functional groups attached to an aromatic ring is 1. The van der Waals surface area contributed by atoms with E-state index in [1.54, 1.807) is 17.4 Å². The highest BCUT2D eigenvalue weighted by atomic mass is 32.1. The van der Waals surface area contributed by atoms with Crippen LogP contribution in [-0.4, -0.2) is 21.9 Å². The van der Waals surface area contributed by atoms with Crippen molar-refractivity contribution in [2.24, 2.45) is 0 Å². The second-order valence-electron chi connectivity index (χ2n) is 5.42. The molecule has 3 heterocycles. The van der Waals surface area contributed by atoms with Crippen LogP contribution in [0.1, 0.15) is 47.2 Å². The predicted octanol–water partition coefficient (Wildman–Crippen LogP) is 3.30. The first kappa shape index (κ1) is 14.2. The van der Waals surface area contributed by atoms with Crippen LogP contribution in [0.5, 0.6) is 0 Å². The molecule has 1 unspecified atom stereocenters. The summed E-state index contributed by atoms with van der Waals surface area (Å²) in [6, 6.07) is 4.15. The molecule has 5 heteroatoms. The molecule has 0 spiro atoms. The molecule has 3 rings (SSSR count). The number of aromatic nitrogens is 1. The molecule has 21 heavy (non-hydrogen) atoms. The van der Waals surface area contributed by atoms with Gasteiger partial charge in [-0.05, 0) is 42.8 Å². The Bertz CT molecular complexity index is 658. The number of fused-ring (bicyclic) bond motifs is 1. The molecule has 0 aromatic carbocycles. The summed E-state index contributed by atoms with van der Waals surface area (Å²) < 4.78 is 1.94. The van der Waals surface area contributed by atoms with Crippen molar-refractivity contribution < 1.29 is 4.79 Å². The molecular formula is C16H21N3OS. The lowest BCUT2D eigenvalue weighted by molar-refractivity contribution is 0.0646. The van der Waals surface area contributed by atoms with Gasteiger partial charge in [-0.25, -0.2) is 0 Å². The fourth-order valence-electron chi connectivity index (χ4n) is 3.20. The zero-order valence-electron chi connectivity index (χ0n) is 12.5. The summed E-state index contributed by atoms with van der Waals surface area (Å²) in [5.41, 5.74) is 8.54. The van der Waals surface area contributed by atoms with Crippen molar-refractivity contribution in [1.82, 2.24) is 9.47 Å². The second kappa shape index (κ2) is 5.56. The van der Waals surface area contributed by atoms with E-state index >= 15 is 0 Å². The zero-order chi connectivity index (χ0) is 15.0. The fraction of sp³-hybridized carbons (Fsp3) is 0.438. The lowest BCUT2D eigenvalue weighted by Crippen LogP contribution is -2.40. The van der Waals surface area contributed by atoms with Gasteiger partial charge in [0.05, 0.1) is 11.7 Å². The third-order valence-electron chi connectivity index (χ3n) is 4.22. The van der Waals surface area contributed by atoms with Crippen LogP contribution < -0.4 is 5.73 Å². The second-order valence-corrected chi connectivity index (χ2v) is 6.42. The Morgan fingerprint density at radius 1 is 1.48 bits per heavy atom. The molecule has 1 aliphatic heterocycles. The van der Waals surface area contributed by atoms with E-state index in [2.05, 4.69) is 18.4 Å². The Balaban J connectivity index is 1.94. The van der Waals surface area contributed by atoms with E-state index in [1.165, 1.54) is 10.4 Å². The molecule has 112 valence electrons. The number of nitrogens with two attached hydrogens (primary N) is 1. The van der Waals surface area contributed by atoms with Crippen LogP contribution >= 0.6 is 11.3 Å². The molecule has 1 atom stereocenters. The minimum Gasteiger partial charge on any atom is -0.397 e. The van der Waals surface area contributed by atoms with Crippen LogP contribution in [0.2, 0.25) is 0 Å². The van der Waals surface area contributed by atoms with Gasteiger partial charge in [0, 0.05) is 24.2 Å². The first-order valence-corrected chi connectivity index (χ1v) is 8.36. The van der Waals surface area contributed by atoms with E-state index in [0.717, 1.165) is 25.9 Å². The number of rotatable bonds is 3. The van der Waals surface area contributed by atoms with Gasteiger partial charge in [0.15, 0.2) is 0 Å². The SMILES string of the molecule is CCC1c2ccsc2CCN1C(=O)c1cc(N)cn1CC. The average molecular weight is 303 g/mol. The van der Waals surface area contributed by atoms with Crippen LogP contribution in [0.25, 0.3) is 0 Å². The minimum absolute atomic E-state index is 0.0947. The van der Waals surface area contributed by atoms with Crippen LogP contribution in [0.4, 0.5) is 5.69 Å². The Morgan fingerprint density at radius 3 is 3.00 bits per heavy atom. The monoisotopic (exact) mass is 303 g/mol. The molecule has 1 aliphatic rings. The lowest BCUT2D eigenvalue weighted by Gasteiger charge is -2.35. The lowest BCUT2D eigenvalue weighted by atomic mass is 9.97. The van der Waals surface area contributed by atoms with Crippen molar-refractivity contribution in [3.05, 3.63) is 39.8 Å². The molecule has 2 aromatic heterocycles. The molecule has 0 bridgehead atoms. The molecule has 1 amide bonds. The molecule has 0 saturated heterocycles. The normalized spacial score (nSPS) is 17.8. The molecule has 0 fully saturated rings. The quantitative estimate of drug-likeness (QED) is 0.946. The summed E-state index contributed by atoms with van der Waals surface area (Å²) in [6.07, 6.45) is 3.74. The Morgan fingerprint density at radius 2 is 2.29 bits per heavy atom. The minimum atomic E-state index is 0.0947. The number of hydrogen-bond acceptors (Lipinski definition) is 3. The maximum absolute atomic E-state index is 12.9. The van der Waals surface area contributed by atoms with Gasteiger partial charge < -0.3 is 15.2 Å². The van der Waals surface area contributed by atoms with E-state index in [0.29, 0.717) is 11.4 Å². The molecule has 0 radical (unpaired) electrons. The number of amides is 1. The van der Waals surface area contributed by atoms with Gasteiger partial charge in [-0.15, -0.1) is 11.3 Å². The predicted molar refractivity (Wildman–Crippen MR) is 86.6 cm³/mol. The van der Waals surface area contributed by atoms with Gasteiger partial charge >= 0.3 is 0 Å². The summed E-state index contributed by atoms with van der Waals surface area (Å²) in [7, 11) is 0. The van der Waals surface area contributed by atoms with Gasteiger partial charge in [-0.2, -0.15) is 0 Å². The maximum Gasteiger partial charge on any atom is 0.271 e. The third kappa shape index (κ3) is 2.35. The van der Waals surface area contributed by atoms with Crippen LogP contribution in [0.3, 0.4) is 0 Å². The Labute approximate surface area is 129 Å². The molecule has 4 nitrogen and oxygen atoms in total. The van der Waals surface area contributed by atoms with Crippen molar-refractivity contribution >= 4 is 22.9 Å². The Kier molecular flexibility index (Phi) is 3.76. The van der Waals surface area contributed by atoms with Crippen LogP contribution in [0.15, 0.2) is 23.7 Å². The van der Waals surface area contributed by atoms with Gasteiger partial charge in [-0.3, -0.25) is 4.79 Å². The summed E-state index contributed by atoms with van der Waals surface area (Å²) in [4.78, 5) is 16.4. The van der Waals surface area contributed by atoms with E-state index < -0.39 is 0 Å². The number of carbonyl (C=O) groups excluding carboxylic acids is 1. The summed E-state index contributed by atoms with van der Waals surface area (Å²) in [5.74, 6) is 0.0947. The van der Waals surface area contributed by atoms with Gasteiger partial charge in [0.2, 0.25) is 0 Å². The molecule has 0 saturated carbocycles. The average Bonchev–Trinajstić information content (AvgIpc) is 3.11. The number of anilines is 1. The summed E-state index contributed by atoms with van der Waals surface area (Å²) in [5, 5.41) is 2.13. The highest BCUT2D eigenvalue weighted by Gasteiger charge is 2.32. The highest BCUT2D eigenvalue weighted by molar-refractivity contribution is 7.10. The van der Waals surface area contributed by atoms with Crippen molar-refractivity contribution in [2.45, 2.75) is 39.3 Å². The maximum atomic E-state index is 12.9. The first-order valence-electron chi connectivity index (χ1n) is 7.48. The van der Waals surface area contributed by atoms with Crippen molar-refractivity contribution in [3.63, 3.8) is 0 Å². The van der Waals surface area contributed by atoms with E-state index in [1.807, 2.05) is 22.6 Å². The van der Waals surface area contributed by atoms with Gasteiger partial charge in [0.1, 0.15) is 5.69 Å². The van der Waals surface area contributed by atoms with Crippen molar-refractivity contribution in [1.29, 1.82) is 0 Å². The van der Waals surface area contributed by atoms with Crippen LogP contribution in [0, 0.1) is 0 Å². The first-order chi connectivity index (χ1) is 10.2. The van der Waals surface area contributed by atoms with E-state index in [-0.39, 0.29) is 11.9 Å². The molecule has 2 N–H and O–H groups in total. The molecule has 0 aliphatic carbocycles. The number of thiophene rings is 1. The topological polar surface area (TPSA) is 51.3 Å². The standard InChI is InChI=1S/C16H21N3OS/c1-3-13-12-6-8-21-15(12)5-7-19(13)16(20)14-9-11(17)10-18(14)4-2/h6,8-10,13H,3-5,7,17H2,1-2H3. The fourth-order valence-corrected chi connectivity index (χ4v) is 4.13. The van der Waals surface area contributed by atoms with Gasteiger partial charge in [0.25, 0.3) is 5.91 Å². The number of hydrogen-bond donors (Lipinski definition) is 1. The zero-order valence-corrected chi connectivity index (χ0v) is 13.3. The number of aryl methyl sites for hydroxylation is 1.